The molecule has 0 saturated heterocycles. The molecule has 0 aromatic rings. The first-order valence-electron chi connectivity index (χ1n) is 5.95. The van der Waals surface area contributed by atoms with Crippen molar-refractivity contribution in [2.45, 2.75) is 53.4 Å². The van der Waals surface area contributed by atoms with E-state index in [9.17, 15) is 4.79 Å². The van der Waals surface area contributed by atoms with Gasteiger partial charge in [-0.05, 0) is 36.0 Å². The van der Waals surface area contributed by atoms with E-state index >= 15 is 0 Å². The van der Waals surface area contributed by atoms with E-state index < -0.39 is 0 Å². The molecule has 2 rings (SSSR count). The van der Waals surface area contributed by atoms with Crippen molar-refractivity contribution in [1.29, 1.82) is 0 Å². The molecule has 1 nitrogen and oxygen atoms in total. The molecular formula is C13H22O. The Morgan fingerprint density at radius 2 is 2.00 bits per heavy atom. The van der Waals surface area contributed by atoms with E-state index in [0.29, 0.717) is 28.4 Å². The maximum atomic E-state index is 11.8. The summed E-state index contributed by atoms with van der Waals surface area (Å²) in [4.78, 5) is 11.8. The van der Waals surface area contributed by atoms with Gasteiger partial charge in [-0.15, -0.1) is 0 Å². The average Bonchev–Trinajstić information content (AvgIpc) is 2.47. The molecule has 0 spiro atoms. The smallest absolute Gasteiger partial charge is 0.136 e. The molecule has 0 heterocycles. The Hall–Kier alpha value is -0.330. The van der Waals surface area contributed by atoms with Crippen LogP contribution in [0.4, 0.5) is 0 Å². The van der Waals surface area contributed by atoms with Gasteiger partial charge in [0, 0.05) is 12.3 Å². The van der Waals surface area contributed by atoms with Crippen molar-refractivity contribution < 1.29 is 4.79 Å². The molecule has 2 fully saturated rings. The first-order chi connectivity index (χ1) is 6.42. The number of carbonyl (C=O) groups excluding carboxylic acids is 1. The molecule has 0 N–H and O–H groups in total. The summed E-state index contributed by atoms with van der Waals surface area (Å²) in [6, 6.07) is 0. The molecule has 0 aliphatic heterocycles. The van der Waals surface area contributed by atoms with Crippen LogP contribution in [-0.4, -0.2) is 5.78 Å². The van der Waals surface area contributed by atoms with Crippen LogP contribution in [0.15, 0.2) is 0 Å². The second-order valence-corrected chi connectivity index (χ2v) is 6.06. The van der Waals surface area contributed by atoms with Gasteiger partial charge in [0.15, 0.2) is 0 Å². The van der Waals surface area contributed by atoms with Gasteiger partial charge >= 0.3 is 0 Å². The second-order valence-electron chi connectivity index (χ2n) is 6.06. The third-order valence-electron chi connectivity index (χ3n) is 5.41. The highest BCUT2D eigenvalue weighted by Crippen LogP contribution is 2.67. The van der Waals surface area contributed by atoms with Gasteiger partial charge in [0.05, 0.1) is 0 Å². The van der Waals surface area contributed by atoms with Gasteiger partial charge in [0.25, 0.3) is 0 Å². The van der Waals surface area contributed by atoms with Crippen LogP contribution >= 0.6 is 0 Å². The van der Waals surface area contributed by atoms with E-state index in [2.05, 4.69) is 20.8 Å². The Balaban J connectivity index is 2.27. The van der Waals surface area contributed by atoms with Gasteiger partial charge in [-0.1, -0.05) is 27.7 Å². The van der Waals surface area contributed by atoms with Gasteiger partial charge in [-0.2, -0.15) is 0 Å². The standard InChI is InChI=1S/C13H22O/c1-5-11(14)9-8-13(4)7-6-10(9)12(13,2)3/h9-10H,5-8H2,1-4H3/t9-,10+,13+/m1/s1. The van der Waals surface area contributed by atoms with E-state index in [1.165, 1.54) is 12.8 Å². The van der Waals surface area contributed by atoms with Crippen molar-refractivity contribution in [3.63, 3.8) is 0 Å². The SMILES string of the molecule is CCC(=O)[C@@H]1C[C@]2(C)CC[C@@H]1C2(C)C. The van der Waals surface area contributed by atoms with E-state index in [1.807, 2.05) is 6.92 Å². The van der Waals surface area contributed by atoms with Crippen molar-refractivity contribution in [2.24, 2.45) is 22.7 Å². The zero-order valence-corrected chi connectivity index (χ0v) is 9.89. The number of fused-ring (bicyclic) bond motifs is 2. The van der Waals surface area contributed by atoms with Crippen molar-refractivity contribution >= 4 is 5.78 Å². The molecule has 2 saturated carbocycles. The summed E-state index contributed by atoms with van der Waals surface area (Å²) in [7, 11) is 0. The molecule has 80 valence electrons. The van der Waals surface area contributed by atoms with Crippen molar-refractivity contribution in [2.75, 3.05) is 0 Å². The largest absolute Gasteiger partial charge is 0.299 e. The lowest BCUT2D eigenvalue weighted by Gasteiger charge is -2.34. The highest BCUT2D eigenvalue weighted by atomic mass is 16.1. The molecule has 1 heteroatoms. The molecule has 2 aliphatic carbocycles. The molecule has 0 radical (unpaired) electrons. The Bertz CT molecular complexity index is 264. The summed E-state index contributed by atoms with van der Waals surface area (Å²) in [6.45, 7) is 9.13. The number of hydrogen-bond donors (Lipinski definition) is 0. The van der Waals surface area contributed by atoms with Crippen LogP contribution in [0.5, 0.6) is 0 Å². The highest BCUT2D eigenvalue weighted by Gasteiger charge is 2.61. The van der Waals surface area contributed by atoms with Crippen LogP contribution < -0.4 is 0 Å². The number of hydrogen-bond acceptors (Lipinski definition) is 1. The molecule has 2 aliphatic rings. The van der Waals surface area contributed by atoms with Gasteiger partial charge in [0.1, 0.15) is 5.78 Å². The zero-order valence-electron chi connectivity index (χ0n) is 9.89. The molecule has 14 heavy (non-hydrogen) atoms. The first-order valence-corrected chi connectivity index (χ1v) is 5.95. The van der Waals surface area contributed by atoms with Gasteiger partial charge in [-0.25, -0.2) is 0 Å². The van der Waals surface area contributed by atoms with Crippen LogP contribution in [0.25, 0.3) is 0 Å². The summed E-state index contributed by atoms with van der Waals surface area (Å²) < 4.78 is 0. The maximum Gasteiger partial charge on any atom is 0.136 e. The van der Waals surface area contributed by atoms with Crippen molar-refractivity contribution in [1.82, 2.24) is 0 Å². The minimum Gasteiger partial charge on any atom is -0.299 e. The normalized spacial score (nSPS) is 44.3. The molecule has 0 unspecified atom stereocenters. The van der Waals surface area contributed by atoms with Crippen molar-refractivity contribution in [3.05, 3.63) is 0 Å². The second kappa shape index (κ2) is 2.84. The van der Waals surface area contributed by atoms with Crippen LogP contribution in [0.3, 0.4) is 0 Å². The fraction of sp³-hybridized carbons (Fsp3) is 0.923. The van der Waals surface area contributed by atoms with E-state index in [0.717, 1.165) is 12.8 Å². The molecular weight excluding hydrogens is 172 g/mol. The van der Waals surface area contributed by atoms with Gasteiger partial charge in [-0.3, -0.25) is 4.79 Å². The number of carbonyl (C=O) groups is 1. The quantitative estimate of drug-likeness (QED) is 0.658. The van der Waals surface area contributed by atoms with Gasteiger partial charge in [0.2, 0.25) is 0 Å². The summed E-state index contributed by atoms with van der Waals surface area (Å²) in [6.07, 6.45) is 4.49. The molecule has 0 amide bonds. The lowest BCUT2D eigenvalue weighted by molar-refractivity contribution is -0.124. The summed E-state index contributed by atoms with van der Waals surface area (Å²) in [5.41, 5.74) is 0.829. The topological polar surface area (TPSA) is 17.1 Å². The predicted octanol–water partition coefficient (Wildman–Crippen LogP) is 3.43. The minimum atomic E-state index is 0.383. The van der Waals surface area contributed by atoms with E-state index in [1.54, 1.807) is 0 Å². The number of ketones is 1. The Kier molecular flexibility index (Phi) is 2.06. The average molecular weight is 194 g/mol. The fourth-order valence-corrected chi connectivity index (χ4v) is 3.90. The fourth-order valence-electron chi connectivity index (χ4n) is 3.90. The number of Topliss-reactive ketones (excluding diaryl/α,β-unsaturated/α-hetero) is 1. The molecule has 2 bridgehead atoms. The van der Waals surface area contributed by atoms with Crippen LogP contribution in [0.2, 0.25) is 0 Å². The lowest BCUT2D eigenvalue weighted by Crippen LogP contribution is -2.26. The molecule has 0 aromatic heterocycles. The van der Waals surface area contributed by atoms with Crippen LogP contribution in [0, 0.1) is 22.7 Å². The van der Waals surface area contributed by atoms with Gasteiger partial charge < -0.3 is 0 Å². The van der Waals surface area contributed by atoms with Crippen molar-refractivity contribution in [3.8, 4) is 0 Å². The first kappa shape index (κ1) is 10.2. The molecule has 0 aromatic carbocycles. The summed E-state index contributed by atoms with van der Waals surface area (Å²) >= 11 is 0. The third kappa shape index (κ3) is 1.04. The Labute approximate surface area is 87.3 Å². The van der Waals surface area contributed by atoms with Crippen LogP contribution in [0.1, 0.15) is 53.4 Å². The summed E-state index contributed by atoms with van der Waals surface area (Å²) in [5, 5.41) is 0. The maximum absolute atomic E-state index is 11.8. The molecule has 3 atom stereocenters. The Morgan fingerprint density at radius 3 is 2.36 bits per heavy atom. The third-order valence-corrected chi connectivity index (χ3v) is 5.41. The minimum absolute atomic E-state index is 0.383. The van der Waals surface area contributed by atoms with E-state index in [-0.39, 0.29) is 0 Å². The monoisotopic (exact) mass is 194 g/mol. The predicted molar refractivity (Wildman–Crippen MR) is 58.0 cm³/mol. The Morgan fingerprint density at radius 1 is 1.36 bits per heavy atom. The number of rotatable bonds is 2. The van der Waals surface area contributed by atoms with Crippen LogP contribution in [-0.2, 0) is 4.79 Å². The highest BCUT2D eigenvalue weighted by molar-refractivity contribution is 5.81. The summed E-state index contributed by atoms with van der Waals surface area (Å²) in [5.74, 6) is 1.56. The lowest BCUT2D eigenvalue weighted by atomic mass is 9.71. The van der Waals surface area contributed by atoms with E-state index in [4.69, 9.17) is 0 Å². The zero-order chi connectivity index (χ0) is 10.6.